The van der Waals surface area contributed by atoms with Gasteiger partial charge in [-0.05, 0) is 32.0 Å². The van der Waals surface area contributed by atoms with Gasteiger partial charge in [0.2, 0.25) is 5.96 Å². The summed E-state index contributed by atoms with van der Waals surface area (Å²) in [6.07, 6.45) is 4.93. The van der Waals surface area contributed by atoms with Gasteiger partial charge in [0.25, 0.3) is 0 Å². The van der Waals surface area contributed by atoms with E-state index in [1.165, 1.54) is 6.34 Å². The lowest BCUT2D eigenvalue weighted by molar-refractivity contribution is -0.137. The van der Waals surface area contributed by atoms with Crippen LogP contribution in [0.1, 0.15) is 58.9 Å². The van der Waals surface area contributed by atoms with Gasteiger partial charge >= 0.3 is 5.97 Å². The van der Waals surface area contributed by atoms with Gasteiger partial charge in [0, 0.05) is 12.8 Å². The lowest BCUT2D eigenvalue weighted by Crippen LogP contribution is -2.53. The van der Waals surface area contributed by atoms with E-state index in [0.717, 1.165) is 37.9 Å². The number of aliphatic carboxylic acids is 1. The first-order valence-electron chi connectivity index (χ1n) is 11.7. The molecular weight excluding hydrogens is 434 g/mol. The number of benzene rings is 1. The van der Waals surface area contributed by atoms with Crippen molar-refractivity contribution in [2.75, 3.05) is 13.1 Å². The van der Waals surface area contributed by atoms with E-state index in [1.54, 1.807) is 6.92 Å². The van der Waals surface area contributed by atoms with Crippen LogP contribution in [0.3, 0.4) is 0 Å². The van der Waals surface area contributed by atoms with E-state index in [0.29, 0.717) is 24.4 Å². The Morgan fingerprint density at radius 1 is 1.15 bits per heavy atom. The number of carboxylic acid groups (broad SMARTS) is 1. The molecule has 0 fully saturated rings. The number of nitrogens with zero attached hydrogens (tertiary/aromatic N) is 5. The van der Waals surface area contributed by atoms with Crippen LogP contribution in [-0.4, -0.2) is 69.9 Å². The van der Waals surface area contributed by atoms with Gasteiger partial charge in [-0.2, -0.15) is 4.99 Å². The van der Waals surface area contributed by atoms with Gasteiger partial charge in [-0.15, -0.1) is 0 Å². The van der Waals surface area contributed by atoms with E-state index in [-0.39, 0.29) is 12.2 Å². The van der Waals surface area contributed by atoms with Crippen LogP contribution in [0.15, 0.2) is 50.3 Å². The maximum Gasteiger partial charge on any atom is 0.303 e. The van der Waals surface area contributed by atoms with Crippen molar-refractivity contribution < 1.29 is 15.0 Å². The molecule has 0 amide bonds. The molecular formula is C24H39N7O3. The second-order valence-electron chi connectivity index (χ2n) is 7.92. The van der Waals surface area contributed by atoms with Crippen LogP contribution in [0.2, 0.25) is 0 Å². The third-order valence-corrected chi connectivity index (χ3v) is 5.17. The molecule has 34 heavy (non-hydrogen) atoms. The zero-order valence-corrected chi connectivity index (χ0v) is 20.7. The molecule has 10 nitrogen and oxygen atoms in total. The predicted molar refractivity (Wildman–Crippen MR) is 138 cm³/mol. The zero-order valence-electron chi connectivity index (χ0n) is 20.7. The molecule has 10 heteroatoms. The normalized spacial score (nSPS) is 19.0. The smallest absolute Gasteiger partial charge is 0.303 e. The second kappa shape index (κ2) is 15.0. The highest BCUT2D eigenvalue weighted by molar-refractivity contribution is 6.51. The largest absolute Gasteiger partial charge is 0.481 e. The lowest BCUT2D eigenvalue weighted by atomic mass is 9.94. The van der Waals surface area contributed by atoms with Gasteiger partial charge < -0.3 is 21.7 Å². The third kappa shape index (κ3) is 9.90. The number of hydrogen-bond acceptors (Lipinski definition) is 9. The van der Waals surface area contributed by atoms with E-state index in [9.17, 15) is 4.79 Å². The molecule has 0 aromatic heterocycles. The minimum absolute atomic E-state index is 0.140. The summed E-state index contributed by atoms with van der Waals surface area (Å²) >= 11 is 0. The molecule has 0 spiro atoms. The summed E-state index contributed by atoms with van der Waals surface area (Å²) in [4.78, 5) is 28.3. The molecule has 1 aromatic carbocycles. The number of aliphatic imine (C=N–C) groups is 4. The monoisotopic (exact) mass is 473 g/mol. The van der Waals surface area contributed by atoms with Crippen molar-refractivity contribution in [3.63, 3.8) is 0 Å². The first-order chi connectivity index (χ1) is 16.2. The van der Waals surface area contributed by atoms with E-state index in [1.807, 2.05) is 49.1 Å². The topological polar surface area (TPSA) is 162 Å². The summed E-state index contributed by atoms with van der Waals surface area (Å²) in [6.45, 7) is 9.77. The van der Waals surface area contributed by atoms with Crippen LogP contribution in [0.4, 0.5) is 0 Å². The Kier molecular flexibility index (Phi) is 12.9. The molecule has 2 atom stereocenters. The standard InChI is InChI=1S/C12H12N6.C6H15NO.C6H12O2/c13-11-17-10-9(15-7-16-10)12(14,18-11)6-8-4-2-1-3-5-8;1-4-7(5-2)6(3)8;1-2-3-4-5-6(7)8/h1-5,7H,6,14H2,(H2,13,18);6,8H,4-5H2,1-3H3;2-5H2,1H3,(H,7,8). The Morgan fingerprint density at radius 2 is 1.79 bits per heavy atom. The number of unbranched alkanes of at least 4 members (excludes halogenated alkanes) is 2. The Morgan fingerprint density at radius 3 is 2.29 bits per heavy atom. The number of nitrogens with two attached hydrogens (primary N) is 2. The van der Waals surface area contributed by atoms with Gasteiger partial charge in [0.15, 0.2) is 11.5 Å². The molecule has 0 saturated heterocycles. The maximum absolute atomic E-state index is 9.87. The van der Waals surface area contributed by atoms with Crippen LogP contribution in [0.5, 0.6) is 0 Å². The average Bonchev–Trinajstić information content (AvgIpc) is 3.25. The Labute approximate surface area is 202 Å². The molecule has 2 heterocycles. The van der Waals surface area contributed by atoms with Gasteiger partial charge in [0.05, 0.1) is 0 Å². The molecule has 1 aromatic rings. The number of aliphatic hydroxyl groups excluding tert-OH is 1. The number of aliphatic hydroxyl groups is 1. The number of carboxylic acids is 1. The first kappa shape index (κ1) is 29.1. The molecule has 0 saturated carbocycles. The molecule has 0 radical (unpaired) electrons. The quantitative estimate of drug-likeness (QED) is 0.318. The molecule has 0 bridgehead atoms. The average molecular weight is 474 g/mol. The molecule has 2 unspecified atom stereocenters. The first-order valence-corrected chi connectivity index (χ1v) is 11.7. The fourth-order valence-electron chi connectivity index (χ4n) is 3.35. The van der Waals surface area contributed by atoms with Gasteiger partial charge in [-0.3, -0.25) is 9.69 Å². The van der Waals surface area contributed by atoms with Crippen LogP contribution >= 0.6 is 0 Å². The van der Waals surface area contributed by atoms with Gasteiger partial charge in [0.1, 0.15) is 18.3 Å². The highest BCUT2D eigenvalue weighted by Crippen LogP contribution is 2.21. The molecule has 2 aliphatic heterocycles. The van der Waals surface area contributed by atoms with Crippen molar-refractivity contribution in [1.29, 1.82) is 0 Å². The van der Waals surface area contributed by atoms with E-state index < -0.39 is 11.6 Å². The minimum Gasteiger partial charge on any atom is -0.481 e. The van der Waals surface area contributed by atoms with Crippen LogP contribution in [0.25, 0.3) is 0 Å². The van der Waals surface area contributed by atoms with E-state index >= 15 is 0 Å². The summed E-state index contributed by atoms with van der Waals surface area (Å²) in [5.74, 6) is -0.0826. The van der Waals surface area contributed by atoms with Crippen molar-refractivity contribution in [1.82, 2.24) is 4.90 Å². The SMILES string of the molecule is CCCCCC(=O)O.CCN(CC)C(C)O.NC1=NC(N)(Cc2ccccc2)C2=NC=NC2=N1. The molecule has 6 N–H and O–H groups in total. The minimum atomic E-state index is -0.987. The number of guanidine groups is 1. The zero-order chi connectivity index (χ0) is 25.6. The van der Waals surface area contributed by atoms with Crippen molar-refractivity contribution >= 4 is 29.8 Å². The number of carbonyl (C=O) groups is 1. The predicted octanol–water partition coefficient (Wildman–Crippen LogP) is 2.41. The fourth-order valence-corrected chi connectivity index (χ4v) is 3.35. The van der Waals surface area contributed by atoms with Crippen molar-refractivity contribution in [3.05, 3.63) is 35.9 Å². The Hall–Kier alpha value is -2.95. The Balaban J connectivity index is 0.000000304. The summed E-state index contributed by atoms with van der Waals surface area (Å²) in [5, 5.41) is 17.1. The van der Waals surface area contributed by atoms with E-state index in [2.05, 4.69) is 26.9 Å². The van der Waals surface area contributed by atoms with Crippen LogP contribution in [0, 0.1) is 0 Å². The summed E-state index contributed by atoms with van der Waals surface area (Å²) < 4.78 is 0. The number of hydrogen-bond donors (Lipinski definition) is 4. The fraction of sp³-hybridized carbons (Fsp3) is 0.542. The summed E-state index contributed by atoms with van der Waals surface area (Å²) in [7, 11) is 0. The lowest BCUT2D eigenvalue weighted by Gasteiger charge is -2.27. The summed E-state index contributed by atoms with van der Waals surface area (Å²) in [5.41, 5.74) is 12.6. The van der Waals surface area contributed by atoms with E-state index in [4.69, 9.17) is 21.7 Å². The number of rotatable bonds is 9. The highest BCUT2D eigenvalue weighted by Gasteiger charge is 2.39. The molecule has 3 rings (SSSR count). The van der Waals surface area contributed by atoms with Crippen LogP contribution in [-0.2, 0) is 11.2 Å². The molecule has 2 aliphatic rings. The van der Waals surface area contributed by atoms with Crippen molar-refractivity contribution in [2.45, 2.75) is 71.7 Å². The molecule has 0 aliphatic carbocycles. The van der Waals surface area contributed by atoms with Crippen molar-refractivity contribution in [2.24, 2.45) is 31.4 Å². The Bertz CT molecular complexity index is 878. The molecule has 188 valence electrons. The van der Waals surface area contributed by atoms with Gasteiger partial charge in [-0.25, -0.2) is 15.0 Å². The summed E-state index contributed by atoms with van der Waals surface area (Å²) in [6, 6.07) is 9.84. The van der Waals surface area contributed by atoms with Gasteiger partial charge in [-0.1, -0.05) is 63.9 Å². The van der Waals surface area contributed by atoms with Crippen LogP contribution < -0.4 is 11.5 Å². The number of fused-ring (bicyclic) bond motifs is 1. The second-order valence-corrected chi connectivity index (χ2v) is 7.92. The highest BCUT2D eigenvalue weighted by atomic mass is 16.4. The van der Waals surface area contributed by atoms with Crippen molar-refractivity contribution in [3.8, 4) is 0 Å². The number of amidine groups is 1. The maximum atomic E-state index is 9.87. The third-order valence-electron chi connectivity index (χ3n) is 5.17.